The maximum atomic E-state index is 13.3. The second-order valence-corrected chi connectivity index (χ2v) is 8.74. The summed E-state index contributed by atoms with van der Waals surface area (Å²) >= 11 is 7.83. The first kappa shape index (κ1) is 34.2. The predicted molar refractivity (Wildman–Crippen MR) is 172 cm³/mol. The van der Waals surface area contributed by atoms with Gasteiger partial charge < -0.3 is 20.3 Å². The standard InChI is InChI=1S/C25H25ClN6O5.C2H6.HIS/c1-16-10-27-11-22(28-16)37-21-8-6-20(7-9-21)29-23-30-24(35)32(13-18(14-33)15-34)25(36)31(23)12-17-2-4-19(26)5-3-17;2*1-2/h2-11,18,33-34H,12-15H2,1H3,(H,29,30,35);1-2H3;2H. The van der Waals surface area contributed by atoms with Crippen molar-refractivity contribution in [3.63, 3.8) is 0 Å². The Labute approximate surface area is 260 Å². The lowest BCUT2D eigenvalue weighted by Gasteiger charge is -2.17. The number of ether oxygens (including phenoxy) is 1. The van der Waals surface area contributed by atoms with Crippen LogP contribution in [0, 0.1) is 12.8 Å². The number of anilines is 2. The topological polar surface area (TPSA) is 144 Å². The van der Waals surface area contributed by atoms with E-state index in [0.29, 0.717) is 22.3 Å². The highest BCUT2D eigenvalue weighted by Crippen LogP contribution is 2.23. The van der Waals surface area contributed by atoms with Crippen molar-refractivity contribution in [2.24, 2.45) is 5.92 Å². The third-order valence-electron chi connectivity index (χ3n) is 5.43. The molecule has 14 heteroatoms. The number of aromatic nitrogens is 5. The smallest absolute Gasteiger partial charge is 0.354 e. The molecular formula is C27H32ClIN6O5S. The molecule has 0 radical (unpaired) electrons. The molecule has 3 N–H and O–H groups in total. The van der Waals surface area contributed by atoms with E-state index in [-0.39, 0.29) is 32.3 Å². The molecule has 0 aliphatic carbocycles. The molecule has 4 rings (SSSR count). The van der Waals surface area contributed by atoms with Crippen LogP contribution in [0.25, 0.3) is 0 Å². The number of thiol groups is 1. The molecule has 0 aliphatic rings. The summed E-state index contributed by atoms with van der Waals surface area (Å²) < 4.78 is 7.92. The molecule has 0 fully saturated rings. The molecule has 0 amide bonds. The molecule has 0 bridgehead atoms. The molecule has 0 aliphatic heterocycles. The molecule has 0 saturated carbocycles. The minimum atomic E-state index is -0.801. The molecule has 0 atom stereocenters. The van der Waals surface area contributed by atoms with Crippen molar-refractivity contribution >= 4 is 54.2 Å². The Hall–Kier alpha value is -2.98. The second kappa shape index (κ2) is 17.7. The molecule has 2 aromatic heterocycles. The second-order valence-electron chi connectivity index (χ2n) is 8.31. The first-order valence-corrected chi connectivity index (χ1v) is 16.2. The number of nitrogens with one attached hydrogen (secondary N) is 1. The fourth-order valence-corrected chi connectivity index (χ4v) is 3.60. The van der Waals surface area contributed by atoms with E-state index < -0.39 is 17.3 Å². The van der Waals surface area contributed by atoms with E-state index in [0.717, 1.165) is 15.8 Å². The number of halogens is 2. The van der Waals surface area contributed by atoms with Crippen LogP contribution in [0.3, 0.4) is 0 Å². The van der Waals surface area contributed by atoms with Gasteiger partial charge in [-0.05, 0) is 70.1 Å². The van der Waals surface area contributed by atoms with Crippen molar-refractivity contribution in [3.8, 4) is 11.6 Å². The lowest BCUT2D eigenvalue weighted by Crippen LogP contribution is -2.44. The summed E-state index contributed by atoms with van der Waals surface area (Å²) in [6.45, 7) is 4.96. The fourth-order valence-electron chi connectivity index (χ4n) is 3.47. The van der Waals surface area contributed by atoms with Crippen molar-refractivity contribution in [1.29, 1.82) is 0 Å². The molecule has 0 spiro atoms. The average molecular weight is 715 g/mol. The molecule has 4 aromatic rings. The van der Waals surface area contributed by atoms with Gasteiger partial charge in [-0.1, -0.05) is 37.6 Å². The minimum Gasteiger partial charge on any atom is -0.437 e. The predicted octanol–water partition coefficient (Wildman–Crippen LogP) is 4.63. The highest BCUT2D eigenvalue weighted by molar-refractivity contribution is 14.2. The van der Waals surface area contributed by atoms with E-state index >= 15 is 0 Å². The van der Waals surface area contributed by atoms with E-state index in [4.69, 9.17) is 16.3 Å². The largest absolute Gasteiger partial charge is 0.437 e. The third-order valence-corrected chi connectivity index (χ3v) is 5.68. The van der Waals surface area contributed by atoms with E-state index in [1.54, 1.807) is 54.7 Å². The van der Waals surface area contributed by atoms with E-state index in [1.807, 2.05) is 42.0 Å². The van der Waals surface area contributed by atoms with Gasteiger partial charge in [-0.3, -0.25) is 9.55 Å². The summed E-state index contributed by atoms with van der Waals surface area (Å²) in [6, 6.07) is 13.7. The molecular weight excluding hydrogens is 683 g/mol. The van der Waals surface area contributed by atoms with Crippen molar-refractivity contribution in [2.45, 2.75) is 33.9 Å². The number of aliphatic hydroxyl groups is 2. The summed E-state index contributed by atoms with van der Waals surface area (Å²) in [5.74, 6) is 0.225. The molecule has 41 heavy (non-hydrogen) atoms. The van der Waals surface area contributed by atoms with E-state index in [1.165, 1.54) is 10.8 Å². The highest BCUT2D eigenvalue weighted by atomic mass is 127. The Balaban J connectivity index is 0.00000141. The molecule has 0 unspecified atom stereocenters. The van der Waals surface area contributed by atoms with Crippen LogP contribution in [-0.2, 0) is 13.1 Å². The zero-order chi connectivity index (χ0) is 30.4. The van der Waals surface area contributed by atoms with Crippen LogP contribution in [0.1, 0.15) is 25.1 Å². The maximum Gasteiger partial charge on any atom is 0.354 e. The van der Waals surface area contributed by atoms with E-state index in [2.05, 4.69) is 30.1 Å². The monoisotopic (exact) mass is 714 g/mol. The fraction of sp³-hybridized carbons (Fsp3) is 0.296. The van der Waals surface area contributed by atoms with Gasteiger partial charge in [0.2, 0.25) is 11.8 Å². The average Bonchev–Trinajstić information content (AvgIpc) is 2.99. The number of benzene rings is 2. The van der Waals surface area contributed by atoms with E-state index in [9.17, 15) is 19.8 Å². The van der Waals surface area contributed by atoms with Crippen molar-refractivity contribution in [3.05, 3.63) is 98.2 Å². The summed E-state index contributed by atoms with van der Waals surface area (Å²) in [6.07, 6.45) is 3.13. The maximum absolute atomic E-state index is 13.3. The van der Waals surface area contributed by atoms with Gasteiger partial charge in [0.05, 0.1) is 18.4 Å². The van der Waals surface area contributed by atoms with Crippen LogP contribution in [-0.4, -0.2) is 47.5 Å². The Morgan fingerprint density at radius 1 is 0.976 bits per heavy atom. The zero-order valence-electron chi connectivity index (χ0n) is 22.7. The molecule has 11 nitrogen and oxygen atoms in total. The Bertz CT molecular complexity index is 1480. The van der Waals surface area contributed by atoms with Crippen LogP contribution < -0.4 is 21.4 Å². The number of hydrogen-bond acceptors (Lipinski definition) is 10. The van der Waals surface area contributed by atoms with Gasteiger partial charge in [0, 0.05) is 42.6 Å². The van der Waals surface area contributed by atoms with Gasteiger partial charge in [-0.25, -0.2) is 19.1 Å². The Kier molecular flexibility index (Phi) is 14.8. The highest BCUT2D eigenvalue weighted by Gasteiger charge is 2.17. The van der Waals surface area contributed by atoms with Gasteiger partial charge in [-0.2, -0.15) is 4.98 Å². The van der Waals surface area contributed by atoms with Gasteiger partial charge in [0.15, 0.2) is 0 Å². The molecule has 2 aromatic carbocycles. The molecule has 2 heterocycles. The number of rotatable bonds is 10. The zero-order valence-corrected chi connectivity index (χ0v) is 26.5. The van der Waals surface area contributed by atoms with Gasteiger partial charge >= 0.3 is 11.4 Å². The van der Waals surface area contributed by atoms with Crippen LogP contribution in [0.5, 0.6) is 11.6 Å². The number of nitrogens with zero attached hydrogens (tertiary/aromatic N) is 5. The summed E-state index contributed by atoms with van der Waals surface area (Å²) in [4.78, 5) is 38.5. The molecule has 0 saturated heterocycles. The van der Waals surface area contributed by atoms with Gasteiger partial charge in [-0.15, -0.1) is 9.80 Å². The van der Waals surface area contributed by atoms with Crippen LogP contribution in [0.15, 0.2) is 70.5 Å². The minimum absolute atomic E-state index is 0.0315. The van der Waals surface area contributed by atoms with Gasteiger partial charge in [0.25, 0.3) is 0 Å². The third kappa shape index (κ3) is 10.1. The van der Waals surface area contributed by atoms with Crippen LogP contribution in [0.4, 0.5) is 11.6 Å². The summed E-state index contributed by atoms with van der Waals surface area (Å²) in [5.41, 5.74) is 0.595. The Morgan fingerprint density at radius 2 is 1.61 bits per heavy atom. The summed E-state index contributed by atoms with van der Waals surface area (Å²) in [7, 11) is 3.50. The van der Waals surface area contributed by atoms with Crippen molar-refractivity contribution in [2.75, 3.05) is 18.5 Å². The van der Waals surface area contributed by atoms with Crippen LogP contribution >= 0.6 is 42.6 Å². The number of aryl methyl sites for hydroxylation is 1. The van der Waals surface area contributed by atoms with Crippen molar-refractivity contribution < 1.29 is 14.9 Å². The lowest BCUT2D eigenvalue weighted by atomic mass is 10.2. The van der Waals surface area contributed by atoms with Gasteiger partial charge in [0.1, 0.15) is 5.75 Å². The quantitative estimate of drug-likeness (QED) is 0.137. The van der Waals surface area contributed by atoms with Crippen molar-refractivity contribution in [1.82, 2.24) is 24.1 Å². The first-order valence-electron chi connectivity index (χ1n) is 12.5. The normalized spacial score (nSPS) is 10.3. The number of aliphatic hydroxyl groups excluding tert-OH is 2. The molecule has 220 valence electrons. The summed E-state index contributed by atoms with van der Waals surface area (Å²) in [5, 5.41) is 22.4. The Morgan fingerprint density at radius 3 is 2.20 bits per heavy atom. The SMILES string of the molecule is CC.Cc1cncc(Oc2ccc(Nc3nc(=O)n(CC(CO)CO)c(=O)n3Cc3ccc(Cl)cc3)cc2)n1.SI. The number of hydrogen-bond donors (Lipinski definition) is 4. The first-order chi connectivity index (χ1) is 19.9. The van der Waals surface area contributed by atoms with Crippen LogP contribution in [0.2, 0.25) is 5.02 Å². The lowest BCUT2D eigenvalue weighted by molar-refractivity contribution is 0.134.